The zero-order valence-electron chi connectivity index (χ0n) is 29.6. The zero-order valence-corrected chi connectivity index (χ0v) is 29.6. The third-order valence-electron chi connectivity index (χ3n) is 9.35. The average Bonchev–Trinajstić information content (AvgIpc) is 3.16. The first-order valence-electron chi connectivity index (χ1n) is 17.9. The van der Waals surface area contributed by atoms with Gasteiger partial charge in [-0.15, -0.1) is 0 Å². The van der Waals surface area contributed by atoms with E-state index in [1.54, 1.807) is 14.2 Å². The maximum absolute atomic E-state index is 5.63. The number of ether oxygens (including phenoxy) is 2. The van der Waals surface area contributed by atoms with Crippen LogP contribution in [0.3, 0.4) is 0 Å². The molecule has 0 spiro atoms. The molecule has 1 atom stereocenters. The van der Waals surface area contributed by atoms with E-state index in [0.717, 1.165) is 81.9 Å². The maximum Gasteiger partial charge on any atom is 0.119 e. The van der Waals surface area contributed by atoms with Gasteiger partial charge in [-0.05, 0) is 121 Å². The summed E-state index contributed by atoms with van der Waals surface area (Å²) in [5, 5.41) is 3.56. The molecule has 2 aromatic carbocycles. The molecule has 0 bridgehead atoms. The summed E-state index contributed by atoms with van der Waals surface area (Å²) in [6.45, 7) is 10.2. The van der Waals surface area contributed by atoms with Gasteiger partial charge >= 0.3 is 0 Å². The number of likely N-dealkylation sites (tertiary alicyclic amines) is 1. The van der Waals surface area contributed by atoms with Crippen LogP contribution in [0.25, 0.3) is 5.57 Å². The number of piperidine rings is 1. The summed E-state index contributed by atoms with van der Waals surface area (Å²) in [6, 6.07) is 20.3. The second-order valence-corrected chi connectivity index (χ2v) is 12.6. The Morgan fingerprint density at radius 3 is 2.40 bits per heavy atom. The predicted octanol–water partition coefficient (Wildman–Crippen LogP) is 9.07. The molecule has 1 aliphatic carbocycles. The van der Waals surface area contributed by atoms with Gasteiger partial charge in [-0.2, -0.15) is 0 Å². The Morgan fingerprint density at radius 1 is 0.896 bits per heavy atom. The summed E-state index contributed by atoms with van der Waals surface area (Å²) in [5.41, 5.74) is 8.78. The number of methoxy groups -OCH3 is 2. The molecule has 2 aliphatic heterocycles. The SMILES string of the molecule is CC.CCCc1cc(OC)cc(C2C=C(CN3CCC(N(Cc4ccnc(C5=CCCC=C5)c4)c4ccc(OC)cc4)CC3)C=CN2)c1. The van der Waals surface area contributed by atoms with Gasteiger partial charge in [-0.25, -0.2) is 0 Å². The molecule has 0 amide bonds. The normalized spacial score (nSPS) is 17.8. The van der Waals surface area contributed by atoms with E-state index >= 15 is 0 Å². The molecule has 6 heteroatoms. The first-order chi connectivity index (χ1) is 23.6. The van der Waals surface area contributed by atoms with E-state index < -0.39 is 0 Å². The molecule has 3 heterocycles. The minimum Gasteiger partial charge on any atom is -0.497 e. The van der Waals surface area contributed by atoms with Crippen molar-refractivity contribution in [3.63, 3.8) is 0 Å². The lowest BCUT2D eigenvalue weighted by molar-refractivity contribution is 0.224. The molecule has 1 unspecified atom stereocenters. The Labute approximate surface area is 288 Å². The molecule has 1 saturated heterocycles. The van der Waals surface area contributed by atoms with E-state index in [4.69, 9.17) is 14.5 Å². The Hall–Kier alpha value is -4.29. The molecule has 254 valence electrons. The lowest BCUT2D eigenvalue weighted by atomic mass is 9.96. The van der Waals surface area contributed by atoms with Crippen molar-refractivity contribution in [3.05, 3.63) is 125 Å². The predicted molar refractivity (Wildman–Crippen MR) is 201 cm³/mol. The lowest BCUT2D eigenvalue weighted by Gasteiger charge is -2.40. The summed E-state index contributed by atoms with van der Waals surface area (Å²) in [5.74, 6) is 1.82. The molecule has 6 rings (SSSR count). The molecular formula is C42H54N4O2. The molecule has 1 aromatic heterocycles. The molecule has 3 aromatic rings. The molecule has 3 aliphatic rings. The Kier molecular flexibility index (Phi) is 12.9. The number of aryl methyl sites for hydroxylation is 1. The fourth-order valence-corrected chi connectivity index (χ4v) is 6.87. The van der Waals surface area contributed by atoms with Crippen LogP contribution in [0, 0.1) is 0 Å². The highest BCUT2D eigenvalue weighted by atomic mass is 16.5. The van der Waals surface area contributed by atoms with Crippen molar-refractivity contribution in [3.8, 4) is 11.5 Å². The number of hydrogen-bond acceptors (Lipinski definition) is 6. The number of aromatic nitrogens is 1. The van der Waals surface area contributed by atoms with Crippen molar-refractivity contribution in [2.75, 3.05) is 38.8 Å². The largest absolute Gasteiger partial charge is 0.497 e. The molecule has 1 N–H and O–H groups in total. The van der Waals surface area contributed by atoms with E-state index in [-0.39, 0.29) is 6.04 Å². The quantitative estimate of drug-likeness (QED) is 0.212. The van der Waals surface area contributed by atoms with Crippen molar-refractivity contribution in [2.45, 2.75) is 77.9 Å². The molecule has 0 saturated carbocycles. The van der Waals surface area contributed by atoms with Crippen LogP contribution < -0.4 is 19.7 Å². The number of pyridine rings is 1. The van der Waals surface area contributed by atoms with Crippen LogP contribution in [0.5, 0.6) is 11.5 Å². The topological polar surface area (TPSA) is 49.9 Å². The van der Waals surface area contributed by atoms with Crippen LogP contribution in [0.2, 0.25) is 0 Å². The van der Waals surface area contributed by atoms with E-state index in [2.05, 4.69) is 113 Å². The second-order valence-electron chi connectivity index (χ2n) is 12.6. The summed E-state index contributed by atoms with van der Waals surface area (Å²) < 4.78 is 11.1. The van der Waals surface area contributed by atoms with Crippen LogP contribution in [0.15, 0.2) is 103 Å². The first kappa shape index (κ1) is 35.0. The Bertz CT molecular complexity index is 1580. The van der Waals surface area contributed by atoms with E-state index in [9.17, 15) is 0 Å². The minimum absolute atomic E-state index is 0.152. The molecule has 1 fully saturated rings. The number of hydrogen-bond donors (Lipinski definition) is 1. The van der Waals surface area contributed by atoms with Gasteiger partial charge in [0.25, 0.3) is 0 Å². The summed E-state index contributed by atoms with van der Waals surface area (Å²) in [7, 11) is 3.48. The van der Waals surface area contributed by atoms with Crippen molar-refractivity contribution >= 4 is 11.3 Å². The fraction of sp³-hybridized carbons (Fsp3) is 0.405. The van der Waals surface area contributed by atoms with Gasteiger partial charge in [0.05, 0.1) is 26.0 Å². The number of dihydropyridines is 1. The van der Waals surface area contributed by atoms with Crippen LogP contribution in [0.1, 0.15) is 81.3 Å². The first-order valence-corrected chi connectivity index (χ1v) is 17.9. The third kappa shape index (κ3) is 9.19. The number of benzene rings is 2. The smallest absolute Gasteiger partial charge is 0.119 e. The summed E-state index contributed by atoms with van der Waals surface area (Å²) in [4.78, 5) is 9.91. The number of anilines is 1. The second kappa shape index (κ2) is 17.7. The van der Waals surface area contributed by atoms with Gasteiger partial charge < -0.3 is 19.7 Å². The van der Waals surface area contributed by atoms with Gasteiger partial charge in [0.15, 0.2) is 0 Å². The monoisotopic (exact) mass is 646 g/mol. The Balaban J connectivity index is 0.00000221. The van der Waals surface area contributed by atoms with Gasteiger partial charge in [-0.1, -0.05) is 57.6 Å². The molecule has 6 nitrogen and oxygen atoms in total. The van der Waals surface area contributed by atoms with Gasteiger partial charge in [-0.3, -0.25) is 9.88 Å². The number of nitrogens with one attached hydrogen (secondary N) is 1. The number of allylic oxidation sites excluding steroid dienone is 4. The van der Waals surface area contributed by atoms with Crippen molar-refractivity contribution in [2.24, 2.45) is 0 Å². The third-order valence-corrected chi connectivity index (χ3v) is 9.35. The van der Waals surface area contributed by atoms with Crippen LogP contribution >= 0.6 is 0 Å². The molecular weight excluding hydrogens is 592 g/mol. The average molecular weight is 647 g/mol. The van der Waals surface area contributed by atoms with Gasteiger partial charge in [0, 0.05) is 44.1 Å². The zero-order chi connectivity index (χ0) is 33.7. The van der Waals surface area contributed by atoms with Crippen LogP contribution in [-0.4, -0.2) is 49.8 Å². The standard InChI is InChI=1S/C40H48N4O2.C2H6/c1-4-8-30-23-34(27-38(24-30)46-3)40-25-31(15-19-42-40)28-43-21-17-36(18-22-43)44(35-11-13-37(45-2)14-12-35)29-32-16-20-41-39(26-32)33-9-6-5-7-10-33;1-2/h6,9-16,19-20,23-27,36,40,42H,4-5,7-8,17-18,21-22,28-29H2,1-3H3;1-2H3. The maximum atomic E-state index is 5.63. The Morgan fingerprint density at radius 2 is 1.69 bits per heavy atom. The highest BCUT2D eigenvalue weighted by Crippen LogP contribution is 2.30. The van der Waals surface area contributed by atoms with Gasteiger partial charge in [0.2, 0.25) is 0 Å². The highest BCUT2D eigenvalue weighted by molar-refractivity contribution is 5.72. The van der Waals surface area contributed by atoms with Crippen LogP contribution in [-0.2, 0) is 13.0 Å². The number of nitrogens with zero attached hydrogens (tertiary/aromatic N) is 3. The van der Waals surface area contributed by atoms with Crippen molar-refractivity contribution in [1.82, 2.24) is 15.2 Å². The molecule has 0 radical (unpaired) electrons. The van der Waals surface area contributed by atoms with E-state index in [1.807, 2.05) is 20.0 Å². The highest BCUT2D eigenvalue weighted by Gasteiger charge is 2.26. The summed E-state index contributed by atoms with van der Waals surface area (Å²) in [6.07, 6.45) is 22.1. The van der Waals surface area contributed by atoms with Crippen molar-refractivity contribution < 1.29 is 9.47 Å². The number of rotatable bonds is 12. The minimum atomic E-state index is 0.152. The molecule has 48 heavy (non-hydrogen) atoms. The fourth-order valence-electron chi connectivity index (χ4n) is 6.87. The van der Waals surface area contributed by atoms with E-state index in [1.165, 1.54) is 33.5 Å². The van der Waals surface area contributed by atoms with E-state index in [0.29, 0.717) is 6.04 Å². The van der Waals surface area contributed by atoms with Crippen molar-refractivity contribution in [1.29, 1.82) is 0 Å². The van der Waals surface area contributed by atoms with Gasteiger partial charge in [0.1, 0.15) is 11.5 Å². The summed E-state index contributed by atoms with van der Waals surface area (Å²) >= 11 is 0. The lowest BCUT2D eigenvalue weighted by Crippen LogP contribution is -2.45. The van der Waals surface area contributed by atoms with Crippen LogP contribution in [0.4, 0.5) is 5.69 Å².